The van der Waals surface area contributed by atoms with Crippen LogP contribution in [0.3, 0.4) is 0 Å². The first kappa shape index (κ1) is 13.7. The van der Waals surface area contributed by atoms with Crippen LogP contribution in [0.5, 0.6) is 0 Å². The van der Waals surface area contributed by atoms with Crippen molar-refractivity contribution in [1.29, 1.82) is 0 Å². The maximum absolute atomic E-state index is 11.9. The topological polar surface area (TPSA) is 42.0 Å². The zero-order chi connectivity index (χ0) is 13.7. The first-order valence-electron chi connectivity index (χ1n) is 6.43. The number of hydrogen-bond acceptors (Lipinski definition) is 3. The smallest absolute Gasteiger partial charge is 0.263 e. The zero-order valence-corrected chi connectivity index (χ0v) is 12.1. The van der Waals surface area contributed by atoms with Crippen LogP contribution in [0.15, 0.2) is 30.3 Å². The van der Waals surface area contributed by atoms with Crippen molar-refractivity contribution in [2.75, 3.05) is 6.54 Å². The molecule has 0 atom stereocenters. The van der Waals surface area contributed by atoms with E-state index in [1.54, 1.807) is 0 Å². The lowest BCUT2D eigenvalue weighted by Gasteiger charge is -2.04. The molecule has 19 heavy (non-hydrogen) atoms. The van der Waals surface area contributed by atoms with E-state index in [-0.39, 0.29) is 5.91 Å². The molecule has 0 spiro atoms. The normalized spacial score (nSPS) is 10.4. The minimum absolute atomic E-state index is 0.00355. The third-order valence-corrected chi connectivity index (χ3v) is 3.95. The summed E-state index contributed by atoms with van der Waals surface area (Å²) in [5, 5.41) is 3.89. The highest BCUT2D eigenvalue weighted by Crippen LogP contribution is 2.16. The van der Waals surface area contributed by atoms with E-state index in [1.807, 2.05) is 32.0 Å². The van der Waals surface area contributed by atoms with Gasteiger partial charge >= 0.3 is 0 Å². The summed E-state index contributed by atoms with van der Waals surface area (Å²) in [6.07, 6.45) is 1.94. The van der Waals surface area contributed by atoms with Crippen LogP contribution in [0.4, 0.5) is 0 Å². The molecule has 0 aliphatic heterocycles. The maximum Gasteiger partial charge on any atom is 0.263 e. The van der Waals surface area contributed by atoms with Gasteiger partial charge in [-0.25, -0.2) is 4.98 Å². The third-order valence-electron chi connectivity index (χ3n) is 2.88. The summed E-state index contributed by atoms with van der Waals surface area (Å²) in [5.41, 5.74) is 2.13. The van der Waals surface area contributed by atoms with Crippen LogP contribution in [0, 0.1) is 13.8 Å². The highest BCUT2D eigenvalue weighted by molar-refractivity contribution is 7.13. The molecule has 4 heteroatoms. The van der Waals surface area contributed by atoms with Crippen LogP contribution >= 0.6 is 11.3 Å². The number of nitrogens with zero attached hydrogens (tertiary/aromatic N) is 1. The summed E-state index contributed by atoms with van der Waals surface area (Å²) < 4.78 is 0. The fourth-order valence-corrected chi connectivity index (χ4v) is 2.80. The Balaban J connectivity index is 1.77. The van der Waals surface area contributed by atoms with Gasteiger partial charge in [-0.15, -0.1) is 11.3 Å². The van der Waals surface area contributed by atoms with Gasteiger partial charge in [-0.1, -0.05) is 30.3 Å². The average Bonchev–Trinajstić information content (AvgIpc) is 2.75. The highest BCUT2D eigenvalue weighted by Gasteiger charge is 2.12. The first-order chi connectivity index (χ1) is 9.16. The van der Waals surface area contributed by atoms with Gasteiger partial charge in [-0.3, -0.25) is 4.79 Å². The summed E-state index contributed by atoms with van der Waals surface area (Å²) in [6.45, 7) is 4.50. The molecule has 1 aromatic heterocycles. The molecule has 1 N–H and O–H groups in total. The largest absolute Gasteiger partial charge is 0.351 e. The number of aromatic nitrogens is 1. The van der Waals surface area contributed by atoms with Crippen molar-refractivity contribution in [2.24, 2.45) is 0 Å². The molecule has 0 unspecified atom stereocenters. The van der Waals surface area contributed by atoms with Crippen molar-refractivity contribution in [1.82, 2.24) is 10.3 Å². The van der Waals surface area contributed by atoms with Crippen LogP contribution in [-0.4, -0.2) is 17.4 Å². The Morgan fingerprint density at radius 3 is 2.63 bits per heavy atom. The van der Waals surface area contributed by atoms with E-state index in [0.717, 1.165) is 28.4 Å². The summed E-state index contributed by atoms with van der Waals surface area (Å²) in [7, 11) is 0. The van der Waals surface area contributed by atoms with Crippen LogP contribution in [0.25, 0.3) is 0 Å². The standard InChI is InChI=1S/C15H18N2OS/c1-11-14(19-12(2)17-11)15(18)16-10-6-9-13-7-4-3-5-8-13/h3-5,7-8H,6,9-10H2,1-2H3,(H,16,18). The second-order valence-electron chi connectivity index (χ2n) is 4.49. The predicted molar refractivity (Wildman–Crippen MR) is 78.7 cm³/mol. The number of rotatable bonds is 5. The van der Waals surface area contributed by atoms with Crippen molar-refractivity contribution in [3.63, 3.8) is 0 Å². The van der Waals surface area contributed by atoms with Gasteiger partial charge in [0.25, 0.3) is 5.91 Å². The molecule has 3 nitrogen and oxygen atoms in total. The number of amides is 1. The summed E-state index contributed by atoms with van der Waals surface area (Å²) in [4.78, 5) is 16.9. The van der Waals surface area contributed by atoms with Gasteiger partial charge < -0.3 is 5.32 Å². The molecule has 0 bridgehead atoms. The number of aryl methyl sites for hydroxylation is 3. The van der Waals surface area contributed by atoms with E-state index in [4.69, 9.17) is 0 Å². The van der Waals surface area contributed by atoms with Crippen LogP contribution in [0.1, 0.15) is 32.4 Å². The molecule has 100 valence electrons. The van der Waals surface area contributed by atoms with Crippen LogP contribution < -0.4 is 5.32 Å². The minimum atomic E-state index is -0.00355. The van der Waals surface area contributed by atoms with Crippen LogP contribution in [0.2, 0.25) is 0 Å². The van der Waals surface area contributed by atoms with E-state index in [0.29, 0.717) is 6.54 Å². The molecular formula is C15H18N2OS. The SMILES string of the molecule is Cc1nc(C)c(C(=O)NCCCc2ccccc2)s1. The molecule has 2 aromatic rings. The van der Waals surface area contributed by atoms with Crippen LogP contribution in [-0.2, 0) is 6.42 Å². The lowest BCUT2D eigenvalue weighted by molar-refractivity contribution is 0.0956. The number of hydrogen-bond donors (Lipinski definition) is 1. The number of carbonyl (C=O) groups excluding carboxylic acids is 1. The lowest BCUT2D eigenvalue weighted by Crippen LogP contribution is -2.24. The monoisotopic (exact) mass is 274 g/mol. The Kier molecular flexibility index (Phi) is 4.68. The Labute approximate surface area is 117 Å². The maximum atomic E-state index is 11.9. The summed E-state index contributed by atoms with van der Waals surface area (Å²) >= 11 is 1.45. The Morgan fingerprint density at radius 1 is 1.26 bits per heavy atom. The van der Waals surface area contributed by atoms with Crippen molar-refractivity contribution >= 4 is 17.2 Å². The molecule has 0 radical (unpaired) electrons. The second kappa shape index (κ2) is 6.48. The molecule has 1 aromatic carbocycles. The number of nitrogens with one attached hydrogen (secondary N) is 1. The van der Waals surface area contributed by atoms with E-state index in [2.05, 4.69) is 22.4 Å². The number of thiazole rings is 1. The van der Waals surface area contributed by atoms with Gasteiger partial charge in [-0.05, 0) is 32.3 Å². The molecule has 1 heterocycles. The predicted octanol–water partition coefficient (Wildman–Crippen LogP) is 3.12. The first-order valence-corrected chi connectivity index (χ1v) is 7.24. The van der Waals surface area contributed by atoms with E-state index in [9.17, 15) is 4.79 Å². The Morgan fingerprint density at radius 2 is 2.00 bits per heavy atom. The minimum Gasteiger partial charge on any atom is -0.351 e. The summed E-state index contributed by atoms with van der Waals surface area (Å²) in [5.74, 6) is -0.00355. The molecule has 0 fully saturated rings. The van der Waals surface area contributed by atoms with Gasteiger partial charge in [0.2, 0.25) is 0 Å². The number of benzene rings is 1. The lowest BCUT2D eigenvalue weighted by atomic mass is 10.1. The molecule has 0 aliphatic carbocycles. The molecule has 0 saturated carbocycles. The fourth-order valence-electron chi connectivity index (χ4n) is 1.96. The van der Waals surface area contributed by atoms with Crippen molar-refractivity contribution in [3.05, 3.63) is 51.5 Å². The second-order valence-corrected chi connectivity index (χ2v) is 5.70. The molecule has 0 aliphatic rings. The van der Waals surface area contributed by atoms with E-state index in [1.165, 1.54) is 16.9 Å². The van der Waals surface area contributed by atoms with Gasteiger partial charge in [0.05, 0.1) is 10.7 Å². The average molecular weight is 274 g/mol. The van der Waals surface area contributed by atoms with E-state index < -0.39 is 0 Å². The highest BCUT2D eigenvalue weighted by atomic mass is 32.1. The third kappa shape index (κ3) is 3.89. The zero-order valence-electron chi connectivity index (χ0n) is 11.3. The van der Waals surface area contributed by atoms with Gasteiger partial charge in [-0.2, -0.15) is 0 Å². The van der Waals surface area contributed by atoms with Crippen molar-refractivity contribution < 1.29 is 4.79 Å². The van der Waals surface area contributed by atoms with Crippen molar-refractivity contribution in [2.45, 2.75) is 26.7 Å². The van der Waals surface area contributed by atoms with Gasteiger partial charge in [0.15, 0.2) is 0 Å². The van der Waals surface area contributed by atoms with Gasteiger partial charge in [0.1, 0.15) is 4.88 Å². The Bertz CT molecular complexity index is 549. The Hall–Kier alpha value is -1.68. The van der Waals surface area contributed by atoms with Crippen molar-refractivity contribution in [3.8, 4) is 0 Å². The fraction of sp³-hybridized carbons (Fsp3) is 0.333. The molecule has 0 saturated heterocycles. The molecule has 1 amide bonds. The quantitative estimate of drug-likeness (QED) is 0.851. The summed E-state index contributed by atoms with van der Waals surface area (Å²) in [6, 6.07) is 10.3. The van der Waals surface area contributed by atoms with Gasteiger partial charge in [0, 0.05) is 6.54 Å². The molecule has 2 rings (SSSR count). The number of carbonyl (C=O) groups is 1. The molecular weight excluding hydrogens is 256 g/mol. The van der Waals surface area contributed by atoms with E-state index >= 15 is 0 Å².